The van der Waals surface area contributed by atoms with Crippen molar-refractivity contribution in [1.29, 1.82) is 0 Å². The molecule has 116 valence electrons. The van der Waals surface area contributed by atoms with E-state index in [1.54, 1.807) is 31.2 Å². The van der Waals surface area contributed by atoms with Gasteiger partial charge in [-0.1, -0.05) is 32.9 Å². The molecule has 22 heavy (non-hydrogen) atoms. The summed E-state index contributed by atoms with van der Waals surface area (Å²) in [4.78, 5) is 48.9. The molecule has 0 bridgehead atoms. The molecule has 0 saturated carbocycles. The van der Waals surface area contributed by atoms with Gasteiger partial charge in [-0.25, -0.2) is 0 Å². The Bertz CT molecular complexity index is 618. The molecule has 1 N–H and O–H groups in total. The highest BCUT2D eigenvalue weighted by molar-refractivity contribution is 6.23. The number of carbonyl (C=O) groups is 4. The smallest absolute Gasteiger partial charge is 0.262 e. The van der Waals surface area contributed by atoms with Crippen molar-refractivity contribution >= 4 is 23.6 Å². The first-order valence-corrected chi connectivity index (χ1v) is 7.31. The molecule has 2 heterocycles. The van der Waals surface area contributed by atoms with Crippen LogP contribution >= 0.6 is 0 Å². The summed E-state index contributed by atoms with van der Waals surface area (Å²) in [6.07, 6.45) is 0.115. The second-order valence-electron chi connectivity index (χ2n) is 5.06. The topological polar surface area (TPSA) is 83.6 Å². The molecule has 0 aliphatic carbocycles. The lowest BCUT2D eigenvalue weighted by Crippen LogP contribution is -2.58. The molecular weight excluding hydrogens is 284 g/mol. The number of hydrogen-bond donors (Lipinski definition) is 1. The van der Waals surface area contributed by atoms with Crippen molar-refractivity contribution in [1.82, 2.24) is 10.2 Å². The summed E-state index contributed by atoms with van der Waals surface area (Å²) >= 11 is 0. The number of imide groups is 2. The molecule has 0 aromatic heterocycles. The second-order valence-corrected chi connectivity index (χ2v) is 5.06. The van der Waals surface area contributed by atoms with Gasteiger partial charge in [-0.3, -0.25) is 29.4 Å². The average molecular weight is 302 g/mol. The predicted molar refractivity (Wildman–Crippen MR) is 79.0 cm³/mol. The molecule has 0 unspecified atom stereocenters. The highest BCUT2D eigenvalue weighted by atomic mass is 16.2. The van der Waals surface area contributed by atoms with E-state index in [1.165, 1.54) is 0 Å². The van der Waals surface area contributed by atoms with E-state index < -0.39 is 29.7 Å². The lowest BCUT2D eigenvalue weighted by atomic mass is 9.92. The van der Waals surface area contributed by atoms with E-state index in [0.29, 0.717) is 11.1 Å². The average Bonchev–Trinajstić information content (AvgIpc) is 2.74. The van der Waals surface area contributed by atoms with Crippen molar-refractivity contribution in [2.75, 3.05) is 0 Å². The summed E-state index contributed by atoms with van der Waals surface area (Å²) < 4.78 is 0. The monoisotopic (exact) mass is 302 g/mol. The third-order valence-electron chi connectivity index (χ3n) is 3.68. The Hall–Kier alpha value is -2.50. The number of carbonyl (C=O) groups excluding carboxylic acids is 4. The number of fused-ring (bicyclic) bond motifs is 1. The molecule has 2 aliphatic heterocycles. The minimum absolute atomic E-state index is 0.115. The maximum Gasteiger partial charge on any atom is 0.262 e. The quantitative estimate of drug-likeness (QED) is 0.794. The minimum atomic E-state index is -0.930. The van der Waals surface area contributed by atoms with Crippen molar-refractivity contribution < 1.29 is 19.2 Å². The number of rotatable bonds is 1. The first-order chi connectivity index (χ1) is 10.5. The van der Waals surface area contributed by atoms with Crippen LogP contribution in [0.5, 0.6) is 0 Å². The van der Waals surface area contributed by atoms with Crippen LogP contribution in [0.15, 0.2) is 24.3 Å². The minimum Gasteiger partial charge on any atom is -0.295 e. The van der Waals surface area contributed by atoms with E-state index in [4.69, 9.17) is 0 Å². The van der Waals surface area contributed by atoms with Crippen molar-refractivity contribution in [2.45, 2.75) is 33.2 Å². The van der Waals surface area contributed by atoms with Gasteiger partial charge in [-0.05, 0) is 18.1 Å². The molecule has 1 fully saturated rings. The van der Waals surface area contributed by atoms with Gasteiger partial charge in [-0.2, -0.15) is 0 Å². The normalized spacial score (nSPS) is 23.7. The number of piperidine rings is 1. The van der Waals surface area contributed by atoms with Crippen LogP contribution in [0, 0.1) is 5.92 Å². The van der Waals surface area contributed by atoms with E-state index in [1.807, 2.05) is 13.8 Å². The van der Waals surface area contributed by atoms with Gasteiger partial charge in [0.2, 0.25) is 11.8 Å². The Morgan fingerprint density at radius 3 is 1.95 bits per heavy atom. The second kappa shape index (κ2) is 6.09. The third-order valence-corrected chi connectivity index (χ3v) is 3.68. The van der Waals surface area contributed by atoms with Gasteiger partial charge in [0.1, 0.15) is 6.04 Å². The molecule has 6 heteroatoms. The molecule has 0 spiro atoms. The van der Waals surface area contributed by atoms with E-state index >= 15 is 0 Å². The molecule has 0 radical (unpaired) electrons. The van der Waals surface area contributed by atoms with Crippen LogP contribution in [0.25, 0.3) is 0 Å². The Balaban J connectivity index is 0.000000847. The van der Waals surface area contributed by atoms with Crippen LogP contribution in [0.1, 0.15) is 47.9 Å². The number of hydrogen-bond acceptors (Lipinski definition) is 4. The Morgan fingerprint density at radius 2 is 1.50 bits per heavy atom. The van der Waals surface area contributed by atoms with Crippen molar-refractivity contribution in [2.24, 2.45) is 5.92 Å². The molecule has 1 aromatic rings. The maximum atomic E-state index is 12.3. The van der Waals surface area contributed by atoms with Crippen LogP contribution in [-0.4, -0.2) is 34.6 Å². The molecule has 6 nitrogen and oxygen atoms in total. The Labute approximate surface area is 128 Å². The Kier molecular flexibility index (Phi) is 4.40. The maximum absolute atomic E-state index is 12.3. The number of nitrogens with zero attached hydrogens (tertiary/aromatic N) is 1. The van der Waals surface area contributed by atoms with Gasteiger partial charge in [0, 0.05) is 6.42 Å². The third kappa shape index (κ3) is 2.41. The zero-order valence-corrected chi connectivity index (χ0v) is 12.8. The zero-order chi connectivity index (χ0) is 16.4. The van der Waals surface area contributed by atoms with Gasteiger partial charge in [0.25, 0.3) is 11.8 Å². The SMILES string of the molecule is CC.C[C@H]1CC(=O)NC(=O)[C@H]1N1C(=O)c2ccccc2C1=O. The number of benzene rings is 1. The Morgan fingerprint density at radius 1 is 1.00 bits per heavy atom. The van der Waals surface area contributed by atoms with Crippen molar-refractivity contribution in [3.05, 3.63) is 35.4 Å². The summed E-state index contributed by atoms with van der Waals surface area (Å²) in [6, 6.07) is 5.53. The van der Waals surface area contributed by atoms with Crippen molar-refractivity contribution in [3.8, 4) is 0 Å². The van der Waals surface area contributed by atoms with Crippen LogP contribution in [0.4, 0.5) is 0 Å². The molecule has 3 rings (SSSR count). The van der Waals surface area contributed by atoms with Crippen LogP contribution < -0.4 is 5.32 Å². The highest BCUT2D eigenvalue weighted by Gasteiger charge is 2.47. The van der Waals surface area contributed by atoms with Gasteiger partial charge in [0.05, 0.1) is 11.1 Å². The van der Waals surface area contributed by atoms with E-state index in [-0.39, 0.29) is 12.3 Å². The van der Waals surface area contributed by atoms with Gasteiger partial charge < -0.3 is 0 Å². The van der Waals surface area contributed by atoms with E-state index in [9.17, 15) is 19.2 Å². The first kappa shape index (κ1) is 15.9. The molecule has 2 aliphatic rings. The summed E-state index contributed by atoms with van der Waals surface area (Å²) in [5, 5.41) is 2.18. The van der Waals surface area contributed by atoms with Crippen LogP contribution in [0.2, 0.25) is 0 Å². The standard InChI is InChI=1S/C14H12N2O4.C2H6/c1-7-6-10(17)15-12(18)11(7)16-13(19)8-4-2-3-5-9(8)14(16)20;1-2/h2-5,7,11H,6H2,1H3,(H,15,17,18);1-2H3/t7-,11-;/m0./s1. The van der Waals surface area contributed by atoms with Crippen molar-refractivity contribution in [3.63, 3.8) is 0 Å². The van der Waals surface area contributed by atoms with Gasteiger partial charge in [0.15, 0.2) is 0 Å². The van der Waals surface area contributed by atoms with Gasteiger partial charge >= 0.3 is 0 Å². The molecule has 1 aromatic carbocycles. The fourth-order valence-electron chi connectivity index (χ4n) is 2.76. The summed E-state index contributed by atoms with van der Waals surface area (Å²) in [5.41, 5.74) is 0.601. The largest absolute Gasteiger partial charge is 0.295 e. The molecule has 1 saturated heterocycles. The predicted octanol–water partition coefficient (Wildman–Crippen LogP) is 1.36. The van der Waals surface area contributed by atoms with Gasteiger partial charge in [-0.15, -0.1) is 0 Å². The highest BCUT2D eigenvalue weighted by Crippen LogP contribution is 2.29. The fourth-order valence-corrected chi connectivity index (χ4v) is 2.76. The summed E-state index contributed by atoms with van der Waals surface area (Å²) in [6.45, 7) is 5.69. The summed E-state index contributed by atoms with van der Waals surface area (Å²) in [7, 11) is 0. The van der Waals surface area contributed by atoms with E-state index in [0.717, 1.165) is 4.90 Å². The van der Waals surface area contributed by atoms with Crippen LogP contribution in [-0.2, 0) is 9.59 Å². The molecule has 2 atom stereocenters. The summed E-state index contributed by atoms with van der Waals surface area (Å²) in [5.74, 6) is -2.32. The zero-order valence-electron chi connectivity index (χ0n) is 12.8. The number of nitrogens with one attached hydrogen (secondary N) is 1. The first-order valence-electron chi connectivity index (χ1n) is 7.31. The fraction of sp³-hybridized carbons (Fsp3) is 0.375. The molecular formula is C16H18N2O4. The lowest BCUT2D eigenvalue weighted by molar-refractivity contribution is -0.138. The number of amides is 4. The van der Waals surface area contributed by atoms with Crippen LogP contribution in [0.3, 0.4) is 0 Å². The van der Waals surface area contributed by atoms with E-state index in [2.05, 4.69) is 5.32 Å². The molecule has 4 amide bonds. The lowest BCUT2D eigenvalue weighted by Gasteiger charge is -2.32.